The highest BCUT2D eigenvalue weighted by Crippen LogP contribution is 2.10. The van der Waals surface area contributed by atoms with Crippen molar-refractivity contribution in [3.63, 3.8) is 0 Å². The van der Waals surface area contributed by atoms with Crippen LogP contribution >= 0.6 is 11.3 Å². The van der Waals surface area contributed by atoms with Crippen LogP contribution in [0.4, 0.5) is 0 Å². The highest BCUT2D eigenvalue weighted by molar-refractivity contribution is 7.11. The Hall–Kier alpha value is -0.940. The van der Waals surface area contributed by atoms with Gasteiger partial charge in [0, 0.05) is 17.6 Å². The molecule has 1 atom stereocenters. The van der Waals surface area contributed by atoms with Crippen LogP contribution in [0.2, 0.25) is 0 Å². The average Bonchev–Trinajstić information content (AvgIpc) is 2.47. The third-order valence-corrected chi connectivity index (χ3v) is 2.51. The Morgan fingerprint density at radius 1 is 1.79 bits per heavy atom. The minimum absolute atomic E-state index is 0. The molecule has 1 aromatic heterocycles. The fourth-order valence-electron chi connectivity index (χ4n) is 0.811. The highest BCUT2D eigenvalue weighted by Gasteiger charge is 2.09. The van der Waals surface area contributed by atoms with Crippen LogP contribution in [0, 0.1) is 6.92 Å². The molecule has 0 spiro atoms. The van der Waals surface area contributed by atoms with E-state index in [0.29, 0.717) is 6.54 Å². The van der Waals surface area contributed by atoms with Gasteiger partial charge in [0.25, 0.3) is 0 Å². The molecule has 5 heteroatoms. The summed E-state index contributed by atoms with van der Waals surface area (Å²) >= 11 is 1.57. The van der Waals surface area contributed by atoms with E-state index in [-0.39, 0.29) is 7.43 Å². The molecule has 0 radical (unpaired) electrons. The molecule has 80 valence electrons. The summed E-state index contributed by atoms with van der Waals surface area (Å²) in [6.07, 6.45) is 1.78. The van der Waals surface area contributed by atoms with Crippen molar-refractivity contribution >= 4 is 17.3 Å². The van der Waals surface area contributed by atoms with Crippen LogP contribution in [-0.2, 0) is 11.3 Å². The quantitative estimate of drug-likeness (QED) is 0.803. The number of rotatable bonds is 4. The van der Waals surface area contributed by atoms with Gasteiger partial charge >= 0.3 is 5.97 Å². The molecule has 0 bridgehead atoms. The molecule has 1 aromatic rings. The number of carbonyl (C=O) groups is 1. The first-order valence-corrected chi connectivity index (χ1v) is 4.78. The van der Waals surface area contributed by atoms with Gasteiger partial charge in [0.15, 0.2) is 0 Å². The maximum atomic E-state index is 10.4. The summed E-state index contributed by atoms with van der Waals surface area (Å²) in [7, 11) is 0. The minimum atomic E-state index is -0.840. The predicted octanol–water partition coefficient (Wildman–Crippen LogP) is 1.65. The summed E-state index contributed by atoms with van der Waals surface area (Å²) in [6, 6.07) is -0.524. The third kappa shape index (κ3) is 3.85. The lowest BCUT2D eigenvalue weighted by Crippen LogP contribution is -2.32. The third-order valence-electron chi connectivity index (χ3n) is 1.60. The van der Waals surface area contributed by atoms with E-state index >= 15 is 0 Å². The van der Waals surface area contributed by atoms with Crippen LogP contribution in [0.25, 0.3) is 0 Å². The standard InChI is InChI=1S/C8H12N2O2S.CH4/c1-5-3-10-7(13-5)4-9-6(2)8(11)12;/h3,6,9H,4H2,1-2H3,(H,11,12);1H4. The van der Waals surface area contributed by atoms with Crippen molar-refractivity contribution in [2.24, 2.45) is 0 Å². The average molecular weight is 216 g/mol. The van der Waals surface area contributed by atoms with E-state index in [1.54, 1.807) is 24.5 Å². The fraction of sp³-hybridized carbons (Fsp3) is 0.556. The lowest BCUT2D eigenvalue weighted by Gasteiger charge is -2.05. The molecule has 0 fully saturated rings. The number of nitrogens with zero attached hydrogens (tertiary/aromatic N) is 1. The first-order valence-electron chi connectivity index (χ1n) is 3.97. The van der Waals surface area contributed by atoms with Crippen molar-refractivity contribution in [1.82, 2.24) is 10.3 Å². The van der Waals surface area contributed by atoms with Crippen LogP contribution in [0.5, 0.6) is 0 Å². The molecule has 0 aliphatic heterocycles. The zero-order chi connectivity index (χ0) is 9.84. The summed E-state index contributed by atoms with van der Waals surface area (Å²) < 4.78 is 0. The largest absolute Gasteiger partial charge is 0.480 e. The van der Waals surface area contributed by atoms with Gasteiger partial charge < -0.3 is 5.11 Å². The van der Waals surface area contributed by atoms with Gasteiger partial charge in [-0.2, -0.15) is 0 Å². The van der Waals surface area contributed by atoms with E-state index in [1.165, 1.54) is 0 Å². The van der Waals surface area contributed by atoms with Gasteiger partial charge in [0.05, 0.1) is 0 Å². The van der Waals surface area contributed by atoms with Crippen molar-refractivity contribution < 1.29 is 9.90 Å². The second kappa shape index (κ2) is 5.72. The molecule has 2 N–H and O–H groups in total. The van der Waals surface area contributed by atoms with Gasteiger partial charge in [-0.15, -0.1) is 11.3 Å². The Morgan fingerprint density at radius 3 is 2.86 bits per heavy atom. The lowest BCUT2D eigenvalue weighted by molar-refractivity contribution is -0.139. The number of thiazole rings is 1. The number of aromatic nitrogens is 1. The lowest BCUT2D eigenvalue weighted by atomic mass is 10.3. The number of hydrogen-bond donors (Lipinski definition) is 2. The Balaban J connectivity index is 0.00000169. The molecule has 0 aromatic carbocycles. The first-order chi connectivity index (χ1) is 6.09. The minimum Gasteiger partial charge on any atom is -0.480 e. The van der Waals surface area contributed by atoms with Crippen LogP contribution in [0.15, 0.2) is 6.20 Å². The van der Waals surface area contributed by atoms with Gasteiger partial charge in [-0.05, 0) is 13.8 Å². The van der Waals surface area contributed by atoms with E-state index in [1.807, 2.05) is 6.92 Å². The van der Waals surface area contributed by atoms with E-state index in [0.717, 1.165) is 9.88 Å². The van der Waals surface area contributed by atoms with Crippen LogP contribution in [0.3, 0.4) is 0 Å². The van der Waals surface area contributed by atoms with Crippen LogP contribution in [0.1, 0.15) is 24.2 Å². The van der Waals surface area contributed by atoms with E-state index in [9.17, 15) is 4.79 Å². The summed E-state index contributed by atoms with van der Waals surface area (Å²) in [4.78, 5) is 15.7. The zero-order valence-corrected chi connectivity index (χ0v) is 8.39. The molecule has 0 saturated heterocycles. The van der Waals surface area contributed by atoms with Gasteiger partial charge in [0.2, 0.25) is 0 Å². The number of nitrogens with one attached hydrogen (secondary N) is 1. The van der Waals surface area contributed by atoms with Crippen LogP contribution in [-0.4, -0.2) is 22.1 Å². The number of hydrogen-bond acceptors (Lipinski definition) is 4. The van der Waals surface area contributed by atoms with Crippen LogP contribution < -0.4 is 5.32 Å². The molecule has 0 saturated carbocycles. The first kappa shape index (κ1) is 13.1. The summed E-state index contributed by atoms with van der Waals surface area (Å²) in [6.45, 7) is 4.11. The highest BCUT2D eigenvalue weighted by atomic mass is 32.1. The molecular weight excluding hydrogens is 200 g/mol. The summed E-state index contributed by atoms with van der Waals surface area (Å²) in [5, 5.41) is 12.4. The second-order valence-electron chi connectivity index (χ2n) is 2.81. The van der Waals surface area contributed by atoms with Gasteiger partial charge in [-0.1, -0.05) is 7.43 Å². The smallest absolute Gasteiger partial charge is 0.320 e. The Morgan fingerprint density at radius 2 is 2.43 bits per heavy atom. The number of aliphatic carboxylic acids is 1. The molecule has 4 nitrogen and oxygen atoms in total. The molecule has 14 heavy (non-hydrogen) atoms. The summed E-state index contributed by atoms with van der Waals surface area (Å²) in [5.74, 6) is -0.840. The van der Waals surface area contributed by atoms with Gasteiger partial charge in [-0.3, -0.25) is 10.1 Å². The van der Waals surface area contributed by atoms with Crippen molar-refractivity contribution in [2.75, 3.05) is 0 Å². The monoisotopic (exact) mass is 216 g/mol. The summed E-state index contributed by atoms with van der Waals surface area (Å²) in [5.41, 5.74) is 0. The number of carboxylic acids is 1. The van der Waals surface area contributed by atoms with Crippen molar-refractivity contribution in [2.45, 2.75) is 33.9 Å². The fourth-order valence-corrected chi connectivity index (χ4v) is 1.55. The molecule has 1 heterocycles. The maximum Gasteiger partial charge on any atom is 0.320 e. The SMILES string of the molecule is C.Cc1cnc(CNC(C)C(=O)O)s1. The van der Waals surface area contributed by atoms with E-state index < -0.39 is 12.0 Å². The maximum absolute atomic E-state index is 10.4. The van der Waals surface area contributed by atoms with Crippen molar-refractivity contribution in [3.05, 3.63) is 16.1 Å². The number of carboxylic acid groups (broad SMARTS) is 1. The van der Waals surface area contributed by atoms with E-state index in [4.69, 9.17) is 5.11 Å². The van der Waals surface area contributed by atoms with E-state index in [2.05, 4.69) is 10.3 Å². The van der Waals surface area contributed by atoms with Crippen molar-refractivity contribution in [1.29, 1.82) is 0 Å². The van der Waals surface area contributed by atoms with Gasteiger partial charge in [0.1, 0.15) is 11.0 Å². The van der Waals surface area contributed by atoms with Gasteiger partial charge in [-0.25, -0.2) is 4.98 Å². The van der Waals surface area contributed by atoms with Crippen molar-refractivity contribution in [3.8, 4) is 0 Å². The Bertz CT molecular complexity index is 299. The zero-order valence-electron chi connectivity index (χ0n) is 7.57. The predicted molar refractivity (Wildman–Crippen MR) is 57.5 cm³/mol. The molecular formula is C9H16N2O2S. The molecule has 0 amide bonds. The Kier molecular flexibility index (Phi) is 5.34. The topological polar surface area (TPSA) is 62.2 Å². The second-order valence-corrected chi connectivity index (χ2v) is 4.12. The molecule has 1 unspecified atom stereocenters. The molecule has 1 rings (SSSR count). The molecule has 0 aliphatic carbocycles. The Labute approximate surface area is 88.0 Å². The number of aryl methyl sites for hydroxylation is 1. The molecule has 0 aliphatic rings. The normalized spacial score (nSPS) is 11.9.